The zero-order valence-electron chi connectivity index (χ0n) is 15.7. The smallest absolute Gasteiger partial charge is 0.00927 e. The van der Waals surface area contributed by atoms with Gasteiger partial charge in [0, 0.05) is 0 Å². The van der Waals surface area contributed by atoms with Crippen LogP contribution in [-0.4, -0.2) is 0 Å². The van der Waals surface area contributed by atoms with Crippen molar-refractivity contribution in [3.63, 3.8) is 0 Å². The highest BCUT2D eigenvalue weighted by molar-refractivity contribution is 6.25. The Balaban J connectivity index is 1.94. The van der Waals surface area contributed by atoms with Gasteiger partial charge in [0.05, 0.1) is 0 Å². The first-order valence-corrected chi connectivity index (χ1v) is 9.66. The highest BCUT2D eigenvalue weighted by atomic mass is 14.1. The molecular weight excluding hydrogens is 324 g/mol. The van der Waals surface area contributed by atoms with Crippen LogP contribution in [-0.2, 0) is 0 Å². The molecule has 0 N–H and O–H groups in total. The number of rotatable bonds is 2. The first-order chi connectivity index (χ1) is 13.2. The third kappa shape index (κ3) is 2.61. The van der Waals surface area contributed by atoms with Crippen molar-refractivity contribution < 1.29 is 0 Å². The van der Waals surface area contributed by atoms with E-state index >= 15 is 0 Å². The molecule has 0 aliphatic carbocycles. The quantitative estimate of drug-likeness (QED) is 0.285. The summed E-state index contributed by atoms with van der Waals surface area (Å²) in [5, 5.41) is 8.03. The molecule has 27 heavy (non-hydrogen) atoms. The molecule has 0 nitrogen and oxygen atoms in total. The van der Waals surface area contributed by atoms with E-state index in [1.807, 2.05) is 0 Å². The number of hydrogen-bond acceptors (Lipinski definition) is 0. The van der Waals surface area contributed by atoms with Gasteiger partial charge in [-0.3, -0.25) is 0 Å². The Morgan fingerprint density at radius 2 is 1.00 bits per heavy atom. The summed E-state index contributed by atoms with van der Waals surface area (Å²) in [6.45, 7) is 4.53. The van der Waals surface area contributed by atoms with Crippen LogP contribution in [0.2, 0.25) is 0 Å². The molecule has 0 fully saturated rings. The van der Waals surface area contributed by atoms with Crippen molar-refractivity contribution in [1.82, 2.24) is 0 Å². The second-order valence-electron chi connectivity index (χ2n) is 7.63. The van der Waals surface area contributed by atoms with E-state index in [1.165, 1.54) is 49.0 Å². The number of fused-ring (bicyclic) bond motifs is 6. The first-order valence-electron chi connectivity index (χ1n) is 9.66. The molecule has 0 unspecified atom stereocenters. The lowest BCUT2D eigenvalue weighted by atomic mass is 9.90. The van der Waals surface area contributed by atoms with Crippen LogP contribution in [0.25, 0.3) is 43.4 Å². The first kappa shape index (κ1) is 16.1. The molecule has 0 saturated heterocycles. The summed E-state index contributed by atoms with van der Waals surface area (Å²) < 4.78 is 0. The third-order valence-electron chi connectivity index (χ3n) is 5.63. The van der Waals surface area contributed by atoms with Crippen molar-refractivity contribution in [3.8, 4) is 11.1 Å². The Labute approximate surface area is 160 Å². The van der Waals surface area contributed by atoms with Gasteiger partial charge in [0.15, 0.2) is 0 Å². The van der Waals surface area contributed by atoms with E-state index in [4.69, 9.17) is 0 Å². The van der Waals surface area contributed by atoms with Crippen LogP contribution >= 0.6 is 0 Å². The SMILES string of the molecule is CC(C)c1ccc2c3ccccc3c3ccc(-c4ccccc4)cc3c2c1. The Kier molecular flexibility index (Phi) is 3.72. The summed E-state index contributed by atoms with van der Waals surface area (Å²) in [6, 6.07) is 33.3. The van der Waals surface area contributed by atoms with Crippen molar-refractivity contribution in [3.05, 3.63) is 96.6 Å². The maximum atomic E-state index is 2.39. The van der Waals surface area contributed by atoms with Gasteiger partial charge in [0.25, 0.3) is 0 Å². The number of benzene rings is 5. The molecule has 0 aromatic heterocycles. The van der Waals surface area contributed by atoms with Crippen LogP contribution in [0.15, 0.2) is 91.0 Å². The summed E-state index contributed by atoms with van der Waals surface area (Å²) in [5.41, 5.74) is 3.93. The molecule has 5 aromatic rings. The molecule has 0 heterocycles. The molecular formula is C27H22. The van der Waals surface area contributed by atoms with E-state index in [0.29, 0.717) is 5.92 Å². The molecule has 5 aromatic carbocycles. The fraction of sp³-hybridized carbons (Fsp3) is 0.111. The van der Waals surface area contributed by atoms with Crippen molar-refractivity contribution in [2.75, 3.05) is 0 Å². The molecule has 0 heteroatoms. The molecule has 0 aliphatic rings. The van der Waals surface area contributed by atoms with Crippen LogP contribution in [0.4, 0.5) is 0 Å². The Morgan fingerprint density at radius 1 is 0.444 bits per heavy atom. The molecule has 0 spiro atoms. The zero-order chi connectivity index (χ0) is 18.4. The lowest BCUT2D eigenvalue weighted by Gasteiger charge is -2.14. The van der Waals surface area contributed by atoms with Gasteiger partial charge in [-0.1, -0.05) is 98.8 Å². The lowest BCUT2D eigenvalue weighted by molar-refractivity contribution is 0.869. The molecule has 5 rings (SSSR count). The zero-order valence-corrected chi connectivity index (χ0v) is 15.7. The fourth-order valence-corrected chi connectivity index (χ4v) is 4.14. The van der Waals surface area contributed by atoms with Gasteiger partial charge in [0.2, 0.25) is 0 Å². The van der Waals surface area contributed by atoms with E-state index in [2.05, 4.69) is 105 Å². The van der Waals surface area contributed by atoms with E-state index in [0.717, 1.165) is 0 Å². The Bertz CT molecular complexity index is 1280. The summed E-state index contributed by atoms with van der Waals surface area (Å²) in [6.07, 6.45) is 0. The molecule has 0 aliphatic heterocycles. The minimum atomic E-state index is 0.522. The predicted molar refractivity (Wildman–Crippen MR) is 118 cm³/mol. The predicted octanol–water partition coefficient (Wildman–Crippen LogP) is 7.94. The van der Waals surface area contributed by atoms with Gasteiger partial charge in [-0.2, -0.15) is 0 Å². The molecule has 0 atom stereocenters. The lowest BCUT2D eigenvalue weighted by Crippen LogP contribution is -1.89. The van der Waals surface area contributed by atoms with E-state index in [1.54, 1.807) is 0 Å². The van der Waals surface area contributed by atoms with Gasteiger partial charge in [-0.05, 0) is 61.0 Å². The second kappa shape index (κ2) is 6.25. The highest BCUT2D eigenvalue weighted by Crippen LogP contribution is 2.38. The summed E-state index contributed by atoms with van der Waals surface area (Å²) in [5.74, 6) is 0.522. The van der Waals surface area contributed by atoms with Gasteiger partial charge < -0.3 is 0 Å². The van der Waals surface area contributed by atoms with Gasteiger partial charge >= 0.3 is 0 Å². The molecule has 130 valence electrons. The molecule has 0 amide bonds. The van der Waals surface area contributed by atoms with Crippen molar-refractivity contribution in [2.24, 2.45) is 0 Å². The largest absolute Gasteiger partial charge is 0.0622 e. The Hall–Kier alpha value is -3.12. The normalized spacial score (nSPS) is 11.7. The topological polar surface area (TPSA) is 0 Å². The second-order valence-corrected chi connectivity index (χ2v) is 7.63. The fourth-order valence-electron chi connectivity index (χ4n) is 4.14. The van der Waals surface area contributed by atoms with Crippen LogP contribution in [0.1, 0.15) is 25.3 Å². The molecule has 0 saturated carbocycles. The highest BCUT2D eigenvalue weighted by Gasteiger charge is 2.11. The summed E-state index contributed by atoms with van der Waals surface area (Å²) in [4.78, 5) is 0. The molecule has 0 bridgehead atoms. The minimum absolute atomic E-state index is 0.522. The number of hydrogen-bond donors (Lipinski definition) is 0. The average Bonchev–Trinajstić information content (AvgIpc) is 2.74. The maximum absolute atomic E-state index is 2.39. The van der Waals surface area contributed by atoms with Crippen molar-refractivity contribution in [1.29, 1.82) is 0 Å². The van der Waals surface area contributed by atoms with Gasteiger partial charge in [-0.15, -0.1) is 0 Å². The van der Waals surface area contributed by atoms with Crippen molar-refractivity contribution >= 4 is 32.3 Å². The van der Waals surface area contributed by atoms with Crippen molar-refractivity contribution in [2.45, 2.75) is 19.8 Å². The van der Waals surface area contributed by atoms with Crippen LogP contribution < -0.4 is 0 Å². The average molecular weight is 346 g/mol. The maximum Gasteiger partial charge on any atom is -0.00927 e. The summed E-state index contributed by atoms with van der Waals surface area (Å²) in [7, 11) is 0. The standard InChI is InChI=1S/C27H22/c1-18(2)20-12-14-24-22-10-6-7-11-23(22)25-15-13-21(17-27(25)26(24)16-20)19-8-4-3-5-9-19/h3-18H,1-2H3. The van der Waals surface area contributed by atoms with E-state index in [9.17, 15) is 0 Å². The summed E-state index contributed by atoms with van der Waals surface area (Å²) >= 11 is 0. The third-order valence-corrected chi connectivity index (χ3v) is 5.63. The molecule has 0 radical (unpaired) electrons. The van der Waals surface area contributed by atoms with Gasteiger partial charge in [-0.25, -0.2) is 0 Å². The van der Waals surface area contributed by atoms with Crippen LogP contribution in [0.3, 0.4) is 0 Å². The monoisotopic (exact) mass is 346 g/mol. The minimum Gasteiger partial charge on any atom is -0.0622 e. The van der Waals surface area contributed by atoms with Crippen LogP contribution in [0.5, 0.6) is 0 Å². The van der Waals surface area contributed by atoms with Gasteiger partial charge in [0.1, 0.15) is 0 Å². The Morgan fingerprint density at radius 3 is 1.67 bits per heavy atom. The van der Waals surface area contributed by atoms with Crippen LogP contribution in [0, 0.1) is 0 Å². The van der Waals surface area contributed by atoms with E-state index < -0.39 is 0 Å². The van der Waals surface area contributed by atoms with E-state index in [-0.39, 0.29) is 0 Å².